The maximum atomic E-state index is 12.1. The Kier molecular flexibility index (Phi) is 2.93. The highest BCUT2D eigenvalue weighted by atomic mass is 16.5. The minimum absolute atomic E-state index is 0.0813. The Hall–Kier alpha value is -2.37. The number of rotatable bonds is 2. The molecule has 0 aliphatic carbocycles. The number of esters is 1. The van der Waals surface area contributed by atoms with Crippen molar-refractivity contribution in [2.75, 3.05) is 0 Å². The molecule has 0 bridgehead atoms. The summed E-state index contributed by atoms with van der Waals surface area (Å²) in [5.41, 5.74) is 1.71. The van der Waals surface area contributed by atoms with Gasteiger partial charge in [-0.15, -0.1) is 5.10 Å². The molecular weight excluding hydrogens is 258 g/mol. The molecule has 1 aromatic carbocycles. The molecule has 1 atom stereocenters. The number of hydrogen-bond acceptors (Lipinski definition) is 5. The van der Waals surface area contributed by atoms with Crippen LogP contribution in [0.5, 0.6) is 11.5 Å². The highest BCUT2D eigenvalue weighted by Gasteiger charge is 2.31. The largest absolute Gasteiger partial charge is 0.508 e. The molecule has 1 unspecified atom stereocenters. The summed E-state index contributed by atoms with van der Waals surface area (Å²) in [5, 5.41) is 17.5. The summed E-state index contributed by atoms with van der Waals surface area (Å²) in [5.74, 6) is 0.365. The first-order valence-electron chi connectivity index (χ1n) is 6.50. The maximum Gasteiger partial charge on any atom is 0.336 e. The molecule has 0 saturated heterocycles. The Bertz CT molecular complexity index is 663. The van der Waals surface area contributed by atoms with E-state index in [1.54, 1.807) is 23.0 Å². The second-order valence-corrected chi connectivity index (χ2v) is 5.21. The van der Waals surface area contributed by atoms with Gasteiger partial charge in [0.05, 0.1) is 5.69 Å². The van der Waals surface area contributed by atoms with Gasteiger partial charge in [0.15, 0.2) is 6.04 Å². The van der Waals surface area contributed by atoms with Crippen molar-refractivity contribution in [3.63, 3.8) is 0 Å². The second-order valence-electron chi connectivity index (χ2n) is 5.21. The van der Waals surface area contributed by atoms with Gasteiger partial charge in [0.25, 0.3) is 0 Å². The maximum absolute atomic E-state index is 12.1. The number of phenolic OH excluding ortho intramolecular Hbond substituents is 1. The van der Waals surface area contributed by atoms with E-state index in [-0.39, 0.29) is 17.6 Å². The number of fused-ring (bicyclic) bond motifs is 1. The molecule has 104 valence electrons. The molecule has 6 nitrogen and oxygen atoms in total. The number of carbonyl (C=O) groups excluding carboxylic acids is 1. The number of benzene rings is 1. The predicted octanol–water partition coefficient (Wildman–Crippen LogP) is 1.81. The van der Waals surface area contributed by atoms with Crippen molar-refractivity contribution in [1.82, 2.24) is 15.0 Å². The molecule has 6 heteroatoms. The summed E-state index contributed by atoms with van der Waals surface area (Å²) >= 11 is 0. The molecule has 1 aliphatic rings. The van der Waals surface area contributed by atoms with E-state index in [2.05, 4.69) is 10.3 Å². The van der Waals surface area contributed by atoms with Gasteiger partial charge < -0.3 is 9.84 Å². The smallest absolute Gasteiger partial charge is 0.336 e. The Morgan fingerprint density at radius 2 is 2.25 bits per heavy atom. The lowest BCUT2D eigenvalue weighted by atomic mass is 10.0. The van der Waals surface area contributed by atoms with Crippen molar-refractivity contribution in [3.05, 3.63) is 35.7 Å². The van der Waals surface area contributed by atoms with E-state index < -0.39 is 6.04 Å². The summed E-state index contributed by atoms with van der Waals surface area (Å²) in [4.78, 5) is 12.1. The van der Waals surface area contributed by atoms with Gasteiger partial charge in [-0.2, -0.15) is 0 Å². The number of aromatic hydroxyl groups is 1. The van der Waals surface area contributed by atoms with Gasteiger partial charge in [-0.25, -0.2) is 9.48 Å². The SMILES string of the molecule is CC(C)c1cn(C2Cc3ccc(O)cc3OC2=O)nn1. The van der Waals surface area contributed by atoms with Gasteiger partial charge in [0, 0.05) is 18.7 Å². The van der Waals surface area contributed by atoms with Crippen LogP contribution in [0.3, 0.4) is 0 Å². The predicted molar refractivity (Wildman–Crippen MR) is 70.6 cm³/mol. The van der Waals surface area contributed by atoms with Gasteiger partial charge >= 0.3 is 5.97 Å². The molecule has 0 fully saturated rings. The van der Waals surface area contributed by atoms with E-state index in [1.807, 2.05) is 13.8 Å². The molecule has 2 heterocycles. The first kappa shape index (κ1) is 12.7. The Labute approximate surface area is 116 Å². The van der Waals surface area contributed by atoms with E-state index in [4.69, 9.17) is 4.74 Å². The third-order valence-electron chi connectivity index (χ3n) is 3.39. The number of nitrogens with zero attached hydrogens (tertiary/aromatic N) is 3. The zero-order valence-corrected chi connectivity index (χ0v) is 11.3. The molecule has 0 saturated carbocycles. The molecule has 20 heavy (non-hydrogen) atoms. The molecule has 0 radical (unpaired) electrons. The molecule has 0 amide bonds. The van der Waals surface area contributed by atoms with Gasteiger partial charge in [-0.1, -0.05) is 25.1 Å². The zero-order chi connectivity index (χ0) is 14.3. The van der Waals surface area contributed by atoms with Crippen LogP contribution in [-0.2, 0) is 11.2 Å². The number of aromatic nitrogens is 3. The van der Waals surface area contributed by atoms with Crippen LogP contribution in [0.25, 0.3) is 0 Å². The Morgan fingerprint density at radius 1 is 1.45 bits per heavy atom. The molecule has 0 spiro atoms. The van der Waals surface area contributed by atoms with Crippen molar-refractivity contribution in [3.8, 4) is 11.5 Å². The molecule has 1 aromatic heterocycles. The third-order valence-corrected chi connectivity index (χ3v) is 3.39. The van der Waals surface area contributed by atoms with E-state index in [0.29, 0.717) is 12.2 Å². The van der Waals surface area contributed by atoms with E-state index in [1.165, 1.54) is 6.07 Å². The second kappa shape index (κ2) is 4.63. The summed E-state index contributed by atoms with van der Waals surface area (Å²) < 4.78 is 6.81. The van der Waals surface area contributed by atoms with Crippen LogP contribution in [0.15, 0.2) is 24.4 Å². The van der Waals surface area contributed by atoms with Crippen molar-refractivity contribution < 1.29 is 14.6 Å². The quantitative estimate of drug-likeness (QED) is 0.667. The van der Waals surface area contributed by atoms with Crippen molar-refractivity contribution >= 4 is 5.97 Å². The monoisotopic (exact) mass is 273 g/mol. The van der Waals surface area contributed by atoms with Crippen LogP contribution in [-0.4, -0.2) is 26.1 Å². The Balaban J connectivity index is 1.91. The van der Waals surface area contributed by atoms with Crippen molar-refractivity contribution in [2.45, 2.75) is 32.2 Å². The summed E-state index contributed by atoms with van der Waals surface area (Å²) in [6.07, 6.45) is 2.26. The number of hydrogen-bond donors (Lipinski definition) is 1. The first-order valence-corrected chi connectivity index (χ1v) is 6.50. The van der Waals surface area contributed by atoms with Crippen LogP contribution in [0, 0.1) is 0 Å². The third kappa shape index (κ3) is 2.13. The minimum atomic E-state index is -0.507. The minimum Gasteiger partial charge on any atom is -0.508 e. The summed E-state index contributed by atoms with van der Waals surface area (Å²) in [7, 11) is 0. The molecule has 1 aliphatic heterocycles. The highest BCUT2D eigenvalue weighted by molar-refractivity contribution is 5.79. The number of ether oxygens (including phenoxy) is 1. The standard InChI is InChI=1S/C14H15N3O3/c1-8(2)11-7-17(16-15-11)12-5-9-3-4-10(18)6-13(9)20-14(12)19/h3-4,6-8,12,18H,5H2,1-2H3. The van der Waals surface area contributed by atoms with Crippen molar-refractivity contribution in [2.24, 2.45) is 0 Å². The fourth-order valence-corrected chi connectivity index (χ4v) is 2.18. The van der Waals surface area contributed by atoms with Crippen LogP contribution < -0.4 is 4.74 Å². The lowest BCUT2D eigenvalue weighted by Gasteiger charge is -2.23. The van der Waals surface area contributed by atoms with E-state index in [9.17, 15) is 9.90 Å². The lowest BCUT2D eigenvalue weighted by molar-refractivity contribution is -0.139. The number of carbonyl (C=O) groups is 1. The number of phenols is 1. The first-order chi connectivity index (χ1) is 9.54. The summed E-state index contributed by atoms with van der Waals surface area (Å²) in [6.45, 7) is 4.04. The van der Waals surface area contributed by atoms with Crippen molar-refractivity contribution in [1.29, 1.82) is 0 Å². The van der Waals surface area contributed by atoms with Crippen LogP contribution in [0.2, 0.25) is 0 Å². The van der Waals surface area contributed by atoms with E-state index >= 15 is 0 Å². The molecule has 1 N–H and O–H groups in total. The topological polar surface area (TPSA) is 77.2 Å². The Morgan fingerprint density at radius 3 is 2.95 bits per heavy atom. The average molecular weight is 273 g/mol. The zero-order valence-electron chi connectivity index (χ0n) is 11.3. The van der Waals surface area contributed by atoms with Gasteiger partial charge in [-0.05, 0) is 17.5 Å². The van der Waals surface area contributed by atoms with E-state index in [0.717, 1.165) is 11.3 Å². The fourth-order valence-electron chi connectivity index (χ4n) is 2.18. The summed E-state index contributed by atoms with van der Waals surface area (Å²) in [6, 6.07) is 4.28. The van der Waals surface area contributed by atoms with Crippen LogP contribution in [0.1, 0.15) is 37.1 Å². The van der Waals surface area contributed by atoms with Gasteiger partial charge in [0.2, 0.25) is 0 Å². The fraction of sp³-hybridized carbons (Fsp3) is 0.357. The highest BCUT2D eigenvalue weighted by Crippen LogP contribution is 2.32. The lowest BCUT2D eigenvalue weighted by Crippen LogP contribution is -2.30. The normalized spacial score (nSPS) is 17.9. The molecule has 2 aromatic rings. The van der Waals surface area contributed by atoms with Gasteiger partial charge in [-0.3, -0.25) is 0 Å². The average Bonchev–Trinajstić information content (AvgIpc) is 2.87. The molecule has 3 rings (SSSR count). The molecular formula is C14H15N3O3. The van der Waals surface area contributed by atoms with Crippen LogP contribution in [0.4, 0.5) is 0 Å². The van der Waals surface area contributed by atoms with Crippen LogP contribution >= 0.6 is 0 Å². The van der Waals surface area contributed by atoms with Gasteiger partial charge in [0.1, 0.15) is 11.5 Å².